The first-order valence-electron chi connectivity index (χ1n) is 4.77. The van der Waals surface area contributed by atoms with Crippen molar-refractivity contribution in [1.82, 2.24) is 9.38 Å². The van der Waals surface area contributed by atoms with E-state index in [0.29, 0.717) is 22.7 Å². The molecule has 0 saturated carbocycles. The van der Waals surface area contributed by atoms with Crippen LogP contribution < -0.4 is 15.0 Å². The molecular formula is C11H12N2O3. The van der Waals surface area contributed by atoms with E-state index >= 15 is 0 Å². The van der Waals surface area contributed by atoms with Crippen LogP contribution >= 0.6 is 0 Å². The average molecular weight is 220 g/mol. The molecule has 0 saturated heterocycles. The lowest BCUT2D eigenvalue weighted by atomic mass is 10.3. The molecule has 0 amide bonds. The van der Waals surface area contributed by atoms with Gasteiger partial charge in [-0.05, 0) is 6.92 Å². The van der Waals surface area contributed by atoms with E-state index in [4.69, 9.17) is 9.47 Å². The fourth-order valence-corrected chi connectivity index (χ4v) is 1.49. The third kappa shape index (κ3) is 1.50. The van der Waals surface area contributed by atoms with Crippen molar-refractivity contribution in [1.29, 1.82) is 0 Å². The minimum atomic E-state index is -0.106. The summed E-state index contributed by atoms with van der Waals surface area (Å²) >= 11 is 0. The van der Waals surface area contributed by atoms with Crippen molar-refractivity contribution in [2.75, 3.05) is 14.2 Å². The molecule has 2 heterocycles. The van der Waals surface area contributed by atoms with E-state index in [0.717, 1.165) is 0 Å². The first-order chi connectivity index (χ1) is 7.67. The number of rotatable bonds is 2. The van der Waals surface area contributed by atoms with Crippen LogP contribution in [0.15, 0.2) is 23.3 Å². The van der Waals surface area contributed by atoms with Gasteiger partial charge in [0.1, 0.15) is 5.65 Å². The van der Waals surface area contributed by atoms with E-state index < -0.39 is 0 Å². The summed E-state index contributed by atoms with van der Waals surface area (Å²) in [6, 6.07) is 1.67. The second kappa shape index (κ2) is 3.84. The summed E-state index contributed by atoms with van der Waals surface area (Å²) in [5, 5.41) is 0. The van der Waals surface area contributed by atoms with Crippen molar-refractivity contribution >= 4 is 5.65 Å². The van der Waals surface area contributed by atoms with E-state index in [1.807, 2.05) is 0 Å². The highest BCUT2D eigenvalue weighted by Crippen LogP contribution is 2.26. The van der Waals surface area contributed by atoms with Crippen molar-refractivity contribution in [3.63, 3.8) is 0 Å². The molecule has 0 aliphatic heterocycles. The van der Waals surface area contributed by atoms with Crippen molar-refractivity contribution in [3.05, 3.63) is 34.4 Å². The fraction of sp³-hybridized carbons (Fsp3) is 0.273. The number of aryl methyl sites for hydroxylation is 1. The van der Waals surface area contributed by atoms with Gasteiger partial charge in [-0.3, -0.25) is 9.20 Å². The van der Waals surface area contributed by atoms with Gasteiger partial charge in [-0.1, -0.05) is 0 Å². The third-order valence-electron chi connectivity index (χ3n) is 2.38. The van der Waals surface area contributed by atoms with E-state index in [1.54, 1.807) is 32.5 Å². The van der Waals surface area contributed by atoms with E-state index in [-0.39, 0.29) is 5.56 Å². The molecule has 0 spiro atoms. The van der Waals surface area contributed by atoms with Crippen LogP contribution in [-0.4, -0.2) is 23.6 Å². The first-order valence-corrected chi connectivity index (χ1v) is 4.77. The van der Waals surface area contributed by atoms with Crippen LogP contribution in [0.1, 0.15) is 5.56 Å². The number of hydrogen-bond donors (Lipinski definition) is 0. The molecule has 0 aromatic carbocycles. The Morgan fingerprint density at radius 3 is 2.56 bits per heavy atom. The van der Waals surface area contributed by atoms with E-state index in [1.165, 1.54) is 11.5 Å². The number of aromatic nitrogens is 2. The number of nitrogens with zero attached hydrogens (tertiary/aromatic N) is 2. The highest BCUT2D eigenvalue weighted by atomic mass is 16.5. The Morgan fingerprint density at radius 1 is 1.25 bits per heavy atom. The topological polar surface area (TPSA) is 52.8 Å². The summed E-state index contributed by atoms with van der Waals surface area (Å²) in [6.45, 7) is 1.72. The molecule has 0 atom stereocenters. The zero-order chi connectivity index (χ0) is 11.7. The molecule has 0 unspecified atom stereocenters. The standard InChI is InChI=1S/C11H12N2O3/c1-7-5-12-10-4-8(15-2)9(16-3)6-13(10)11(7)14/h4-6H,1-3H3. The maximum atomic E-state index is 11.8. The summed E-state index contributed by atoms with van der Waals surface area (Å²) in [5.74, 6) is 1.06. The summed E-state index contributed by atoms with van der Waals surface area (Å²) in [4.78, 5) is 16.0. The Morgan fingerprint density at radius 2 is 1.94 bits per heavy atom. The van der Waals surface area contributed by atoms with Gasteiger partial charge in [0.2, 0.25) is 0 Å². The molecular weight excluding hydrogens is 208 g/mol. The Bertz CT molecular complexity index is 590. The minimum Gasteiger partial charge on any atom is -0.493 e. The predicted molar refractivity (Wildman–Crippen MR) is 59.3 cm³/mol. The molecule has 0 radical (unpaired) electrons. The Labute approximate surface area is 92.3 Å². The second-order valence-electron chi connectivity index (χ2n) is 3.38. The first kappa shape index (κ1) is 10.5. The minimum absolute atomic E-state index is 0.106. The maximum Gasteiger partial charge on any atom is 0.260 e. The number of hydrogen-bond acceptors (Lipinski definition) is 4. The van der Waals surface area contributed by atoms with Gasteiger partial charge in [0, 0.05) is 17.8 Å². The van der Waals surface area contributed by atoms with Gasteiger partial charge in [-0.15, -0.1) is 0 Å². The van der Waals surface area contributed by atoms with Crippen LogP contribution in [0.4, 0.5) is 0 Å². The number of fused-ring (bicyclic) bond motifs is 1. The Balaban J connectivity index is 2.84. The second-order valence-corrected chi connectivity index (χ2v) is 3.38. The smallest absolute Gasteiger partial charge is 0.260 e. The highest BCUT2D eigenvalue weighted by Gasteiger charge is 2.08. The zero-order valence-electron chi connectivity index (χ0n) is 9.35. The molecule has 84 valence electrons. The largest absolute Gasteiger partial charge is 0.493 e. The van der Waals surface area contributed by atoms with Crippen molar-refractivity contribution < 1.29 is 9.47 Å². The molecule has 5 nitrogen and oxygen atoms in total. The monoisotopic (exact) mass is 220 g/mol. The van der Waals surface area contributed by atoms with Crippen LogP contribution in [0, 0.1) is 6.92 Å². The van der Waals surface area contributed by atoms with Crippen LogP contribution in [0.5, 0.6) is 11.5 Å². The van der Waals surface area contributed by atoms with Gasteiger partial charge in [-0.25, -0.2) is 4.98 Å². The van der Waals surface area contributed by atoms with Crippen molar-refractivity contribution in [2.45, 2.75) is 6.92 Å². The summed E-state index contributed by atoms with van der Waals surface area (Å²) in [7, 11) is 3.07. The predicted octanol–water partition coefficient (Wildman–Crippen LogP) is 1.02. The van der Waals surface area contributed by atoms with E-state index in [9.17, 15) is 4.79 Å². The van der Waals surface area contributed by atoms with Crippen molar-refractivity contribution in [3.8, 4) is 11.5 Å². The van der Waals surface area contributed by atoms with Crippen LogP contribution in [0.2, 0.25) is 0 Å². The Kier molecular flexibility index (Phi) is 2.52. The summed E-state index contributed by atoms with van der Waals surface area (Å²) in [5.41, 5.74) is 1.02. The quantitative estimate of drug-likeness (QED) is 0.758. The van der Waals surface area contributed by atoms with Crippen LogP contribution in [-0.2, 0) is 0 Å². The summed E-state index contributed by atoms with van der Waals surface area (Å²) in [6.07, 6.45) is 3.13. The SMILES string of the molecule is COc1cc2ncc(C)c(=O)n2cc1OC. The fourth-order valence-electron chi connectivity index (χ4n) is 1.49. The molecule has 0 bridgehead atoms. The van der Waals surface area contributed by atoms with Crippen LogP contribution in [0.3, 0.4) is 0 Å². The lowest BCUT2D eigenvalue weighted by molar-refractivity contribution is 0.353. The lowest BCUT2D eigenvalue weighted by Gasteiger charge is -2.09. The normalized spacial score (nSPS) is 10.4. The molecule has 0 N–H and O–H groups in total. The number of pyridine rings is 1. The lowest BCUT2D eigenvalue weighted by Crippen LogP contribution is -2.17. The Hall–Kier alpha value is -2.04. The zero-order valence-corrected chi connectivity index (χ0v) is 9.35. The van der Waals surface area contributed by atoms with Gasteiger partial charge in [0.05, 0.1) is 20.4 Å². The van der Waals surface area contributed by atoms with Gasteiger partial charge in [0.25, 0.3) is 5.56 Å². The van der Waals surface area contributed by atoms with Gasteiger partial charge in [0.15, 0.2) is 11.5 Å². The van der Waals surface area contributed by atoms with Gasteiger partial charge >= 0.3 is 0 Å². The van der Waals surface area contributed by atoms with E-state index in [2.05, 4.69) is 4.98 Å². The molecule has 2 aromatic heterocycles. The van der Waals surface area contributed by atoms with Crippen molar-refractivity contribution in [2.24, 2.45) is 0 Å². The average Bonchev–Trinajstić information content (AvgIpc) is 2.32. The molecule has 2 rings (SSSR count). The molecule has 0 aliphatic rings. The molecule has 5 heteroatoms. The van der Waals surface area contributed by atoms with Gasteiger partial charge in [-0.2, -0.15) is 0 Å². The third-order valence-corrected chi connectivity index (χ3v) is 2.38. The van der Waals surface area contributed by atoms with Gasteiger partial charge < -0.3 is 9.47 Å². The maximum absolute atomic E-state index is 11.8. The summed E-state index contributed by atoms with van der Waals surface area (Å²) < 4.78 is 11.7. The molecule has 0 fully saturated rings. The molecule has 0 aliphatic carbocycles. The number of methoxy groups -OCH3 is 2. The molecule has 2 aromatic rings. The molecule has 16 heavy (non-hydrogen) atoms. The highest BCUT2D eigenvalue weighted by molar-refractivity contribution is 5.51. The number of ether oxygens (including phenoxy) is 2. The van der Waals surface area contributed by atoms with Crippen LogP contribution in [0.25, 0.3) is 5.65 Å².